The van der Waals surface area contributed by atoms with Crippen LogP contribution in [0.3, 0.4) is 0 Å². The number of nitrogens with one attached hydrogen (secondary N) is 2. The second-order valence-corrected chi connectivity index (χ2v) is 3.14. The fraction of sp³-hybridized carbons (Fsp3) is 0.889. The van der Waals surface area contributed by atoms with Gasteiger partial charge in [0, 0.05) is 33.9 Å². The monoisotopic (exact) mass is 369 g/mol. The molecule has 8 heteroatoms. The molecule has 0 saturated carbocycles. The summed E-state index contributed by atoms with van der Waals surface area (Å²) in [6, 6.07) is 0. The minimum atomic E-state index is -4.14. The minimum Gasteiger partial charge on any atom is -0.385 e. The maximum Gasteiger partial charge on any atom is 0.390 e. The molecule has 104 valence electrons. The Morgan fingerprint density at radius 3 is 2.29 bits per heavy atom. The molecule has 17 heavy (non-hydrogen) atoms. The van der Waals surface area contributed by atoms with Gasteiger partial charge < -0.3 is 15.4 Å². The zero-order chi connectivity index (χ0) is 12.4. The second-order valence-electron chi connectivity index (χ2n) is 3.14. The Hall–Kier alpha value is -0.250. The molecular formula is C9H19F3IN3O. The number of ether oxygens (including phenoxy) is 1. The maximum atomic E-state index is 11.8. The van der Waals surface area contributed by atoms with Crippen molar-refractivity contribution in [2.75, 3.05) is 33.9 Å². The Kier molecular flexibility index (Phi) is 12.2. The number of aliphatic imine (C=N–C) groups is 1. The van der Waals surface area contributed by atoms with Crippen LogP contribution in [0.15, 0.2) is 4.99 Å². The third-order valence-corrected chi connectivity index (χ3v) is 1.74. The van der Waals surface area contributed by atoms with Gasteiger partial charge in [-0.3, -0.25) is 4.99 Å². The van der Waals surface area contributed by atoms with E-state index >= 15 is 0 Å². The molecule has 0 aromatic heterocycles. The van der Waals surface area contributed by atoms with E-state index in [0.717, 1.165) is 6.42 Å². The average Bonchev–Trinajstić information content (AvgIpc) is 2.20. The van der Waals surface area contributed by atoms with Crippen molar-refractivity contribution >= 4 is 29.9 Å². The molecule has 4 nitrogen and oxygen atoms in total. The van der Waals surface area contributed by atoms with Crippen LogP contribution in [0, 0.1) is 0 Å². The van der Waals surface area contributed by atoms with Gasteiger partial charge in [-0.2, -0.15) is 13.2 Å². The number of methoxy groups -OCH3 is 1. The third kappa shape index (κ3) is 13.7. The Bertz CT molecular complexity index is 212. The molecule has 0 aromatic rings. The first-order chi connectivity index (χ1) is 7.49. The largest absolute Gasteiger partial charge is 0.390 e. The molecule has 0 radical (unpaired) electrons. The van der Waals surface area contributed by atoms with E-state index in [4.69, 9.17) is 4.74 Å². The summed E-state index contributed by atoms with van der Waals surface area (Å²) in [4.78, 5) is 3.79. The first-order valence-electron chi connectivity index (χ1n) is 5.00. The highest BCUT2D eigenvalue weighted by atomic mass is 127. The highest BCUT2D eigenvalue weighted by Gasteiger charge is 2.26. The summed E-state index contributed by atoms with van der Waals surface area (Å²) in [5.41, 5.74) is 0. The summed E-state index contributed by atoms with van der Waals surface area (Å²) >= 11 is 0. The van der Waals surface area contributed by atoms with Gasteiger partial charge in [0.25, 0.3) is 0 Å². The van der Waals surface area contributed by atoms with E-state index in [1.165, 1.54) is 7.05 Å². The molecule has 0 rings (SSSR count). The topological polar surface area (TPSA) is 45.7 Å². The van der Waals surface area contributed by atoms with Crippen LogP contribution in [0.1, 0.15) is 12.8 Å². The summed E-state index contributed by atoms with van der Waals surface area (Å²) in [6.07, 6.45) is -4.23. The van der Waals surface area contributed by atoms with Crippen LogP contribution >= 0.6 is 24.0 Å². The lowest BCUT2D eigenvalue weighted by molar-refractivity contribution is -0.132. The summed E-state index contributed by atoms with van der Waals surface area (Å²) in [5.74, 6) is 0.375. The van der Waals surface area contributed by atoms with Crippen LogP contribution in [0.5, 0.6) is 0 Å². The van der Waals surface area contributed by atoms with E-state index in [1.807, 2.05) is 0 Å². The number of halogens is 4. The lowest BCUT2D eigenvalue weighted by Crippen LogP contribution is -2.39. The van der Waals surface area contributed by atoms with Crippen molar-refractivity contribution in [3.8, 4) is 0 Å². The molecule has 0 amide bonds. The van der Waals surface area contributed by atoms with Crippen molar-refractivity contribution < 1.29 is 17.9 Å². The van der Waals surface area contributed by atoms with Gasteiger partial charge in [0.2, 0.25) is 0 Å². The van der Waals surface area contributed by atoms with E-state index < -0.39 is 12.6 Å². The van der Waals surface area contributed by atoms with Crippen molar-refractivity contribution in [1.29, 1.82) is 0 Å². The number of nitrogens with zero attached hydrogens (tertiary/aromatic N) is 1. The second kappa shape index (κ2) is 10.9. The molecule has 0 heterocycles. The van der Waals surface area contributed by atoms with Gasteiger partial charge in [-0.05, 0) is 6.42 Å². The molecule has 0 atom stereocenters. The fourth-order valence-corrected chi connectivity index (χ4v) is 0.967. The van der Waals surface area contributed by atoms with Gasteiger partial charge in [-0.25, -0.2) is 0 Å². The van der Waals surface area contributed by atoms with E-state index in [9.17, 15) is 13.2 Å². The molecule has 0 unspecified atom stereocenters. The van der Waals surface area contributed by atoms with E-state index in [2.05, 4.69) is 15.6 Å². The van der Waals surface area contributed by atoms with Gasteiger partial charge in [0.15, 0.2) is 5.96 Å². The third-order valence-electron chi connectivity index (χ3n) is 1.74. The number of hydrogen-bond donors (Lipinski definition) is 2. The van der Waals surface area contributed by atoms with Crippen molar-refractivity contribution in [1.82, 2.24) is 10.6 Å². The average molecular weight is 369 g/mol. The Morgan fingerprint density at radius 1 is 1.24 bits per heavy atom. The lowest BCUT2D eigenvalue weighted by atomic mass is 10.4. The number of guanidine groups is 1. The minimum absolute atomic E-state index is 0. The Labute approximate surface area is 116 Å². The number of hydrogen-bond acceptors (Lipinski definition) is 2. The van der Waals surface area contributed by atoms with Crippen LogP contribution in [0.2, 0.25) is 0 Å². The quantitative estimate of drug-likeness (QED) is 0.325. The highest BCUT2D eigenvalue weighted by molar-refractivity contribution is 14.0. The zero-order valence-corrected chi connectivity index (χ0v) is 12.3. The lowest BCUT2D eigenvalue weighted by Gasteiger charge is -2.12. The van der Waals surface area contributed by atoms with Crippen LogP contribution in [-0.4, -0.2) is 46.0 Å². The van der Waals surface area contributed by atoms with Crippen LogP contribution in [0.25, 0.3) is 0 Å². The summed E-state index contributed by atoms with van der Waals surface area (Å²) in [6.45, 7) is 1.04. The van der Waals surface area contributed by atoms with E-state index in [-0.39, 0.29) is 30.5 Å². The predicted octanol–water partition coefficient (Wildman–Crippen LogP) is 1.76. The predicted molar refractivity (Wildman–Crippen MR) is 71.9 cm³/mol. The van der Waals surface area contributed by atoms with Gasteiger partial charge in [-0.1, -0.05) is 0 Å². The highest BCUT2D eigenvalue weighted by Crippen LogP contribution is 2.17. The van der Waals surface area contributed by atoms with Gasteiger partial charge in [0.1, 0.15) is 0 Å². The van der Waals surface area contributed by atoms with Crippen LogP contribution < -0.4 is 10.6 Å². The molecule has 0 aliphatic carbocycles. The van der Waals surface area contributed by atoms with Crippen LogP contribution in [0.4, 0.5) is 13.2 Å². The molecule has 0 aromatic carbocycles. The molecule has 0 aliphatic rings. The molecule has 0 aliphatic heterocycles. The SMILES string of the molecule is CN=C(NCCCOC)NCCC(F)(F)F.I. The molecular weight excluding hydrogens is 350 g/mol. The summed E-state index contributed by atoms with van der Waals surface area (Å²) < 4.78 is 40.4. The number of rotatable bonds is 6. The molecule has 2 N–H and O–H groups in total. The van der Waals surface area contributed by atoms with Gasteiger partial charge >= 0.3 is 6.18 Å². The Morgan fingerprint density at radius 2 is 1.82 bits per heavy atom. The van der Waals surface area contributed by atoms with Gasteiger partial charge in [-0.15, -0.1) is 24.0 Å². The molecule has 0 bridgehead atoms. The summed E-state index contributed by atoms with van der Waals surface area (Å²) in [5, 5.41) is 5.46. The van der Waals surface area contributed by atoms with Crippen molar-refractivity contribution in [2.24, 2.45) is 4.99 Å². The normalized spacial score (nSPS) is 11.9. The van der Waals surface area contributed by atoms with Crippen LogP contribution in [-0.2, 0) is 4.74 Å². The van der Waals surface area contributed by atoms with Gasteiger partial charge in [0.05, 0.1) is 6.42 Å². The zero-order valence-electron chi connectivity index (χ0n) is 9.93. The fourth-order valence-electron chi connectivity index (χ4n) is 0.967. The van der Waals surface area contributed by atoms with E-state index in [1.54, 1.807) is 7.11 Å². The maximum absolute atomic E-state index is 11.8. The molecule has 0 fully saturated rings. The first-order valence-corrected chi connectivity index (χ1v) is 5.00. The first kappa shape index (κ1) is 19.1. The molecule has 0 spiro atoms. The van der Waals surface area contributed by atoms with Crippen molar-refractivity contribution in [2.45, 2.75) is 19.0 Å². The smallest absolute Gasteiger partial charge is 0.385 e. The Balaban J connectivity index is 0. The standard InChI is InChI=1S/C9H18F3N3O.HI/c1-13-8(14-5-3-7-16-2)15-6-4-9(10,11)12;/h3-7H2,1-2H3,(H2,13,14,15);1H. The summed E-state index contributed by atoms with van der Waals surface area (Å²) in [7, 11) is 3.11. The molecule has 0 saturated heterocycles. The number of alkyl halides is 3. The van der Waals surface area contributed by atoms with Crippen molar-refractivity contribution in [3.05, 3.63) is 0 Å². The van der Waals surface area contributed by atoms with Crippen molar-refractivity contribution in [3.63, 3.8) is 0 Å². The van der Waals surface area contributed by atoms with E-state index in [0.29, 0.717) is 19.1 Å².